The van der Waals surface area contributed by atoms with Crippen LogP contribution < -0.4 is 5.32 Å². The number of carbonyl (C=O) groups excluding carboxylic acids is 2. The van der Waals surface area contributed by atoms with E-state index in [9.17, 15) is 18.4 Å². The Kier molecular flexibility index (Phi) is 6.01. The van der Waals surface area contributed by atoms with Gasteiger partial charge in [0.1, 0.15) is 17.2 Å². The van der Waals surface area contributed by atoms with Gasteiger partial charge in [-0.1, -0.05) is 43.3 Å². The quantitative estimate of drug-likeness (QED) is 0.827. The third kappa shape index (κ3) is 4.62. The molecule has 1 N–H and O–H groups in total. The van der Waals surface area contributed by atoms with Crippen molar-refractivity contribution < 1.29 is 23.1 Å². The van der Waals surface area contributed by atoms with Crippen molar-refractivity contribution in [2.24, 2.45) is 0 Å². The lowest BCUT2D eigenvalue weighted by atomic mass is 10.0. The molecule has 0 aliphatic rings. The lowest BCUT2D eigenvalue weighted by Crippen LogP contribution is -2.32. The van der Waals surface area contributed by atoms with E-state index in [-0.39, 0.29) is 5.92 Å². The molecule has 0 saturated carbocycles. The van der Waals surface area contributed by atoms with E-state index in [2.05, 4.69) is 10.1 Å². The van der Waals surface area contributed by atoms with Gasteiger partial charge in [0.15, 0.2) is 6.61 Å². The maximum Gasteiger partial charge on any atom is 0.344 e. The van der Waals surface area contributed by atoms with Crippen LogP contribution in [0, 0.1) is 11.6 Å². The van der Waals surface area contributed by atoms with Crippen LogP contribution in [-0.4, -0.2) is 25.0 Å². The molecule has 4 nitrogen and oxygen atoms in total. The Bertz CT molecular complexity index is 699. The Morgan fingerprint density at radius 3 is 2.29 bits per heavy atom. The maximum absolute atomic E-state index is 13.4. The summed E-state index contributed by atoms with van der Waals surface area (Å²) in [7, 11) is 0. The summed E-state index contributed by atoms with van der Waals surface area (Å²) in [6.45, 7) is 1.69. The predicted octanol–water partition coefficient (Wildman–Crippen LogP) is 3.04. The SMILES string of the molecule is C[C@@H](CNC(=O)COC(=O)c1c(F)cccc1F)c1ccccc1. The molecule has 1 amide bonds. The summed E-state index contributed by atoms with van der Waals surface area (Å²) >= 11 is 0. The highest BCUT2D eigenvalue weighted by Crippen LogP contribution is 2.14. The van der Waals surface area contributed by atoms with E-state index >= 15 is 0 Å². The fourth-order valence-corrected chi connectivity index (χ4v) is 2.11. The fourth-order valence-electron chi connectivity index (χ4n) is 2.11. The van der Waals surface area contributed by atoms with Crippen molar-refractivity contribution in [2.75, 3.05) is 13.2 Å². The number of nitrogens with one attached hydrogen (secondary N) is 1. The Balaban J connectivity index is 1.82. The van der Waals surface area contributed by atoms with Crippen LogP contribution in [0.15, 0.2) is 48.5 Å². The predicted molar refractivity (Wildman–Crippen MR) is 84.5 cm³/mol. The number of hydrogen-bond acceptors (Lipinski definition) is 3. The van der Waals surface area contributed by atoms with Crippen LogP contribution in [-0.2, 0) is 9.53 Å². The summed E-state index contributed by atoms with van der Waals surface area (Å²) < 4.78 is 31.5. The van der Waals surface area contributed by atoms with Gasteiger partial charge in [0.2, 0.25) is 0 Å². The summed E-state index contributed by atoms with van der Waals surface area (Å²) in [5, 5.41) is 2.61. The second-order valence-corrected chi connectivity index (χ2v) is 5.29. The van der Waals surface area contributed by atoms with Crippen LogP contribution in [0.25, 0.3) is 0 Å². The van der Waals surface area contributed by atoms with Crippen LogP contribution in [0.4, 0.5) is 8.78 Å². The first-order valence-electron chi connectivity index (χ1n) is 7.42. The summed E-state index contributed by atoms with van der Waals surface area (Å²) in [5.41, 5.74) is 0.256. The van der Waals surface area contributed by atoms with E-state index in [0.717, 1.165) is 23.8 Å². The van der Waals surface area contributed by atoms with Crippen LogP contribution in [0.3, 0.4) is 0 Å². The van der Waals surface area contributed by atoms with E-state index in [0.29, 0.717) is 6.54 Å². The molecule has 0 aliphatic heterocycles. The topological polar surface area (TPSA) is 55.4 Å². The molecule has 0 fully saturated rings. The first-order valence-corrected chi connectivity index (χ1v) is 7.42. The highest BCUT2D eigenvalue weighted by Gasteiger charge is 2.19. The van der Waals surface area contributed by atoms with Gasteiger partial charge < -0.3 is 10.1 Å². The Hall–Kier alpha value is -2.76. The van der Waals surface area contributed by atoms with Gasteiger partial charge in [-0.3, -0.25) is 4.79 Å². The number of amides is 1. The number of ether oxygens (including phenoxy) is 1. The second-order valence-electron chi connectivity index (χ2n) is 5.29. The van der Waals surface area contributed by atoms with Crippen LogP contribution in [0.2, 0.25) is 0 Å². The average molecular weight is 333 g/mol. The van der Waals surface area contributed by atoms with Crippen molar-refractivity contribution in [3.8, 4) is 0 Å². The summed E-state index contributed by atoms with van der Waals surface area (Å²) in [4.78, 5) is 23.4. The Labute approximate surface area is 138 Å². The molecule has 0 bridgehead atoms. The van der Waals surface area contributed by atoms with Gasteiger partial charge in [0.05, 0.1) is 0 Å². The number of esters is 1. The number of benzene rings is 2. The molecule has 126 valence electrons. The zero-order valence-electron chi connectivity index (χ0n) is 13.1. The van der Waals surface area contributed by atoms with Crippen molar-refractivity contribution >= 4 is 11.9 Å². The monoisotopic (exact) mass is 333 g/mol. The molecule has 6 heteroatoms. The first kappa shape index (κ1) is 17.6. The molecular formula is C18H17F2NO3. The molecule has 2 aromatic rings. The molecule has 0 heterocycles. The maximum atomic E-state index is 13.4. The molecule has 0 aliphatic carbocycles. The van der Waals surface area contributed by atoms with Crippen molar-refractivity contribution in [1.82, 2.24) is 5.32 Å². The molecule has 0 unspecified atom stereocenters. The largest absolute Gasteiger partial charge is 0.452 e. The molecule has 0 radical (unpaired) electrons. The van der Waals surface area contributed by atoms with E-state index in [1.165, 1.54) is 0 Å². The highest BCUT2D eigenvalue weighted by atomic mass is 19.1. The number of halogens is 2. The zero-order chi connectivity index (χ0) is 17.5. The van der Waals surface area contributed by atoms with Crippen molar-refractivity contribution in [2.45, 2.75) is 12.8 Å². The van der Waals surface area contributed by atoms with Crippen LogP contribution in [0.5, 0.6) is 0 Å². The minimum absolute atomic E-state index is 0.0786. The zero-order valence-corrected chi connectivity index (χ0v) is 13.1. The molecule has 1 atom stereocenters. The molecule has 2 aromatic carbocycles. The minimum atomic E-state index is -1.21. The lowest BCUT2D eigenvalue weighted by molar-refractivity contribution is -0.124. The van der Waals surface area contributed by atoms with E-state index < -0.39 is 35.7 Å². The lowest BCUT2D eigenvalue weighted by Gasteiger charge is -2.13. The van der Waals surface area contributed by atoms with Gasteiger partial charge >= 0.3 is 5.97 Å². The van der Waals surface area contributed by atoms with Crippen molar-refractivity contribution in [3.05, 3.63) is 71.3 Å². The highest BCUT2D eigenvalue weighted by molar-refractivity contribution is 5.91. The molecule has 2 rings (SSSR count). The average Bonchev–Trinajstić information content (AvgIpc) is 2.58. The van der Waals surface area contributed by atoms with Gasteiger partial charge in [-0.15, -0.1) is 0 Å². The van der Waals surface area contributed by atoms with Gasteiger partial charge in [-0.05, 0) is 23.6 Å². The van der Waals surface area contributed by atoms with E-state index in [4.69, 9.17) is 0 Å². The molecular weight excluding hydrogens is 316 g/mol. The van der Waals surface area contributed by atoms with Gasteiger partial charge in [0, 0.05) is 6.54 Å². The van der Waals surface area contributed by atoms with Crippen LogP contribution >= 0.6 is 0 Å². The third-order valence-corrected chi connectivity index (χ3v) is 3.48. The molecule has 24 heavy (non-hydrogen) atoms. The number of rotatable bonds is 6. The normalized spacial score (nSPS) is 11.6. The van der Waals surface area contributed by atoms with Gasteiger partial charge in [-0.2, -0.15) is 0 Å². The van der Waals surface area contributed by atoms with Crippen molar-refractivity contribution in [1.29, 1.82) is 0 Å². The summed E-state index contributed by atoms with van der Waals surface area (Å²) in [6, 6.07) is 12.6. The standard InChI is InChI=1S/C18H17F2NO3/c1-12(13-6-3-2-4-7-13)10-21-16(22)11-24-18(23)17-14(19)8-5-9-15(17)20/h2-9,12H,10-11H2,1H3,(H,21,22)/t12-/m0/s1. The minimum Gasteiger partial charge on any atom is -0.452 e. The Morgan fingerprint density at radius 1 is 1.04 bits per heavy atom. The Morgan fingerprint density at radius 2 is 1.67 bits per heavy atom. The number of carbonyl (C=O) groups is 2. The molecule has 0 saturated heterocycles. The van der Waals surface area contributed by atoms with Crippen molar-refractivity contribution in [3.63, 3.8) is 0 Å². The van der Waals surface area contributed by atoms with Crippen LogP contribution in [0.1, 0.15) is 28.8 Å². The fraction of sp³-hybridized carbons (Fsp3) is 0.222. The molecule has 0 spiro atoms. The van der Waals surface area contributed by atoms with E-state index in [1.54, 1.807) is 0 Å². The summed E-state index contributed by atoms with van der Waals surface area (Å²) in [6.07, 6.45) is 0. The first-order chi connectivity index (χ1) is 11.5. The van der Waals surface area contributed by atoms with E-state index in [1.807, 2.05) is 37.3 Å². The second kappa shape index (κ2) is 8.19. The summed E-state index contributed by atoms with van der Waals surface area (Å²) in [5.74, 6) is -3.73. The van der Waals surface area contributed by atoms with Gasteiger partial charge in [-0.25, -0.2) is 13.6 Å². The molecule has 0 aromatic heterocycles. The smallest absolute Gasteiger partial charge is 0.344 e. The number of hydrogen-bond donors (Lipinski definition) is 1. The third-order valence-electron chi connectivity index (χ3n) is 3.48. The van der Waals surface area contributed by atoms with Gasteiger partial charge in [0.25, 0.3) is 5.91 Å².